The molecule has 0 spiro atoms. The van der Waals surface area contributed by atoms with Gasteiger partial charge in [-0.3, -0.25) is 4.79 Å². The maximum absolute atomic E-state index is 12.8. The molecule has 0 radical (unpaired) electrons. The summed E-state index contributed by atoms with van der Waals surface area (Å²) < 4.78 is 5.56. The zero-order valence-corrected chi connectivity index (χ0v) is 13.9. The lowest BCUT2D eigenvalue weighted by atomic mass is 10.1. The molecule has 0 aromatic heterocycles. The van der Waals surface area contributed by atoms with Gasteiger partial charge in [-0.2, -0.15) is 0 Å². The lowest BCUT2D eigenvalue weighted by Gasteiger charge is -2.23. The number of likely N-dealkylation sites (tertiary alicyclic amines) is 1. The number of esters is 1. The van der Waals surface area contributed by atoms with E-state index in [1.54, 1.807) is 41.3 Å². The molecule has 1 amide bonds. The van der Waals surface area contributed by atoms with Gasteiger partial charge in [0.2, 0.25) is 6.10 Å². The number of halogens is 1. The summed E-state index contributed by atoms with van der Waals surface area (Å²) in [5, 5.41) is 0.541. The van der Waals surface area contributed by atoms with Crippen molar-refractivity contribution < 1.29 is 14.3 Å². The van der Waals surface area contributed by atoms with E-state index in [4.69, 9.17) is 16.3 Å². The van der Waals surface area contributed by atoms with Crippen LogP contribution < -0.4 is 0 Å². The fourth-order valence-electron chi connectivity index (χ4n) is 2.75. The third kappa shape index (κ3) is 3.77. The Bertz CT molecular complexity index is 709. The molecule has 24 heavy (non-hydrogen) atoms. The molecule has 1 saturated heterocycles. The second kappa shape index (κ2) is 7.49. The molecule has 5 heteroatoms. The van der Waals surface area contributed by atoms with Crippen molar-refractivity contribution in [2.24, 2.45) is 0 Å². The third-order valence-corrected chi connectivity index (χ3v) is 4.30. The van der Waals surface area contributed by atoms with Crippen LogP contribution in [0.1, 0.15) is 34.9 Å². The molecule has 4 nitrogen and oxygen atoms in total. The van der Waals surface area contributed by atoms with Crippen molar-refractivity contribution in [3.63, 3.8) is 0 Å². The molecule has 0 unspecified atom stereocenters. The zero-order chi connectivity index (χ0) is 16.9. The van der Waals surface area contributed by atoms with Gasteiger partial charge in [-0.25, -0.2) is 4.79 Å². The van der Waals surface area contributed by atoms with Crippen molar-refractivity contribution in [1.29, 1.82) is 0 Å². The van der Waals surface area contributed by atoms with Crippen molar-refractivity contribution >= 4 is 23.5 Å². The number of carbonyl (C=O) groups excluding carboxylic acids is 2. The Hall–Kier alpha value is -2.33. The largest absolute Gasteiger partial charge is 0.444 e. The van der Waals surface area contributed by atoms with Crippen LogP contribution in [-0.2, 0) is 9.53 Å². The fraction of sp³-hybridized carbons (Fsp3) is 0.263. The minimum Gasteiger partial charge on any atom is -0.444 e. The van der Waals surface area contributed by atoms with Crippen LogP contribution in [0.5, 0.6) is 0 Å². The average molecular weight is 344 g/mol. The van der Waals surface area contributed by atoms with Crippen molar-refractivity contribution in [2.75, 3.05) is 13.1 Å². The molecular weight excluding hydrogens is 326 g/mol. The van der Waals surface area contributed by atoms with E-state index < -0.39 is 12.1 Å². The molecule has 1 aliphatic heterocycles. The highest BCUT2D eigenvalue weighted by molar-refractivity contribution is 6.30. The summed E-state index contributed by atoms with van der Waals surface area (Å²) in [5.41, 5.74) is 1.05. The third-order valence-electron chi connectivity index (χ3n) is 4.05. The van der Waals surface area contributed by atoms with Crippen LogP contribution in [0.15, 0.2) is 54.6 Å². The van der Waals surface area contributed by atoms with E-state index in [0.717, 1.165) is 12.8 Å². The highest BCUT2D eigenvalue weighted by Gasteiger charge is 2.31. The number of hydrogen-bond donors (Lipinski definition) is 0. The minimum atomic E-state index is -0.924. The molecule has 0 saturated carbocycles. The Morgan fingerprint density at radius 2 is 1.58 bits per heavy atom. The van der Waals surface area contributed by atoms with Gasteiger partial charge in [0.1, 0.15) is 0 Å². The van der Waals surface area contributed by atoms with Crippen molar-refractivity contribution in [2.45, 2.75) is 18.9 Å². The summed E-state index contributed by atoms with van der Waals surface area (Å²) in [5.74, 6) is -0.700. The Morgan fingerprint density at radius 1 is 0.958 bits per heavy atom. The first-order chi connectivity index (χ1) is 11.6. The van der Waals surface area contributed by atoms with Gasteiger partial charge < -0.3 is 9.64 Å². The lowest BCUT2D eigenvalue weighted by molar-refractivity contribution is -0.140. The normalized spacial score (nSPS) is 15.1. The van der Waals surface area contributed by atoms with Crippen LogP contribution >= 0.6 is 11.6 Å². The van der Waals surface area contributed by atoms with E-state index in [2.05, 4.69) is 0 Å². The predicted octanol–water partition coefficient (Wildman–Crippen LogP) is 3.86. The topological polar surface area (TPSA) is 46.6 Å². The summed E-state index contributed by atoms with van der Waals surface area (Å²) in [6.45, 7) is 1.42. The van der Waals surface area contributed by atoms with Gasteiger partial charge in [0.05, 0.1) is 5.56 Å². The van der Waals surface area contributed by atoms with Gasteiger partial charge in [-0.1, -0.05) is 41.9 Å². The van der Waals surface area contributed by atoms with Crippen LogP contribution in [0.2, 0.25) is 5.02 Å². The van der Waals surface area contributed by atoms with Gasteiger partial charge in [-0.15, -0.1) is 0 Å². The molecule has 1 fully saturated rings. The van der Waals surface area contributed by atoms with Gasteiger partial charge >= 0.3 is 5.97 Å². The predicted molar refractivity (Wildman–Crippen MR) is 91.9 cm³/mol. The van der Waals surface area contributed by atoms with Crippen molar-refractivity contribution in [3.8, 4) is 0 Å². The second-order valence-corrected chi connectivity index (χ2v) is 6.17. The number of hydrogen-bond acceptors (Lipinski definition) is 3. The number of ether oxygens (including phenoxy) is 1. The van der Waals surface area contributed by atoms with Crippen molar-refractivity contribution in [3.05, 3.63) is 70.7 Å². The SMILES string of the molecule is O=C(O[C@H](C(=O)N1CCCC1)c1ccccc1)c1ccc(Cl)cc1. The zero-order valence-electron chi connectivity index (χ0n) is 13.2. The molecular formula is C19H18ClNO3. The summed E-state index contributed by atoms with van der Waals surface area (Å²) >= 11 is 5.84. The maximum Gasteiger partial charge on any atom is 0.339 e. The first kappa shape index (κ1) is 16.5. The van der Waals surface area contributed by atoms with E-state index in [1.165, 1.54) is 0 Å². The molecule has 1 heterocycles. The monoisotopic (exact) mass is 343 g/mol. The number of rotatable bonds is 4. The van der Waals surface area contributed by atoms with E-state index in [-0.39, 0.29) is 5.91 Å². The minimum absolute atomic E-state index is 0.166. The standard InChI is InChI=1S/C19H18ClNO3/c20-16-10-8-15(9-11-16)19(23)24-17(14-6-2-1-3-7-14)18(22)21-12-4-5-13-21/h1-3,6-11,17H,4-5,12-13H2/t17-/m0/s1. The molecule has 1 atom stereocenters. The second-order valence-electron chi connectivity index (χ2n) is 5.74. The smallest absolute Gasteiger partial charge is 0.339 e. The summed E-state index contributed by atoms with van der Waals surface area (Å²) in [7, 11) is 0. The molecule has 0 bridgehead atoms. The lowest BCUT2D eigenvalue weighted by Crippen LogP contribution is -2.34. The van der Waals surface area contributed by atoms with Crippen LogP contribution in [0.3, 0.4) is 0 Å². The Kier molecular flexibility index (Phi) is 5.16. The Balaban J connectivity index is 1.83. The van der Waals surface area contributed by atoms with Gasteiger partial charge in [0.15, 0.2) is 0 Å². The van der Waals surface area contributed by atoms with E-state index >= 15 is 0 Å². The molecule has 1 aliphatic rings. The first-order valence-electron chi connectivity index (χ1n) is 7.95. The Labute approximate surface area is 146 Å². The molecule has 124 valence electrons. The van der Waals surface area contributed by atoms with Gasteiger partial charge in [0.25, 0.3) is 5.91 Å². The number of nitrogens with zero attached hydrogens (tertiary/aromatic N) is 1. The van der Waals surface area contributed by atoms with Crippen LogP contribution in [0, 0.1) is 0 Å². The molecule has 2 aromatic carbocycles. The van der Waals surface area contributed by atoms with Crippen LogP contribution in [0.4, 0.5) is 0 Å². The van der Waals surface area contributed by atoms with Crippen molar-refractivity contribution in [1.82, 2.24) is 4.90 Å². The summed E-state index contributed by atoms with van der Waals surface area (Å²) in [6.07, 6.45) is 1.05. The quantitative estimate of drug-likeness (QED) is 0.792. The van der Waals surface area contributed by atoms with Gasteiger partial charge in [0, 0.05) is 23.7 Å². The number of benzene rings is 2. The summed E-state index contributed by atoms with van der Waals surface area (Å²) in [6, 6.07) is 15.5. The molecule has 2 aromatic rings. The van der Waals surface area contributed by atoms with E-state index in [0.29, 0.717) is 29.2 Å². The average Bonchev–Trinajstić information content (AvgIpc) is 3.15. The summed E-state index contributed by atoms with van der Waals surface area (Å²) in [4.78, 5) is 27.0. The molecule has 0 aliphatic carbocycles. The highest BCUT2D eigenvalue weighted by Crippen LogP contribution is 2.24. The van der Waals surface area contributed by atoms with Crippen LogP contribution in [0.25, 0.3) is 0 Å². The Morgan fingerprint density at radius 3 is 2.21 bits per heavy atom. The van der Waals surface area contributed by atoms with E-state index in [1.807, 2.05) is 18.2 Å². The number of amides is 1. The van der Waals surface area contributed by atoms with E-state index in [9.17, 15) is 9.59 Å². The molecule has 0 N–H and O–H groups in total. The maximum atomic E-state index is 12.8. The van der Waals surface area contributed by atoms with Crippen LogP contribution in [-0.4, -0.2) is 29.9 Å². The fourth-order valence-corrected chi connectivity index (χ4v) is 2.88. The molecule has 3 rings (SSSR count). The highest BCUT2D eigenvalue weighted by atomic mass is 35.5. The van der Waals surface area contributed by atoms with Gasteiger partial charge in [-0.05, 0) is 37.1 Å². The number of carbonyl (C=O) groups is 2. The first-order valence-corrected chi connectivity index (χ1v) is 8.33.